The molecule has 96 valence electrons. The second-order valence-electron chi connectivity index (χ2n) is 4.26. The number of hydrogen-bond donors (Lipinski definition) is 1. The summed E-state index contributed by atoms with van der Waals surface area (Å²) in [7, 11) is 3.36. The lowest BCUT2D eigenvalue weighted by Crippen LogP contribution is -2.33. The highest BCUT2D eigenvalue weighted by atomic mass is 16.5. The Morgan fingerprint density at radius 1 is 1.28 bits per heavy atom. The topological polar surface area (TPSA) is 86.0 Å². The molecule has 7 heteroatoms. The number of nitrogens with zero attached hydrogens (tertiary/aromatic N) is 4. The Morgan fingerprint density at radius 3 is 2.61 bits per heavy atom. The fraction of sp³-hybridized carbons (Fsp3) is 0.455. The summed E-state index contributed by atoms with van der Waals surface area (Å²) in [5, 5.41) is 14.8. The summed E-state index contributed by atoms with van der Waals surface area (Å²) in [6.07, 6.45) is 0. The number of aromatic nitrogens is 4. The molecular formula is C11H15N5O2. The van der Waals surface area contributed by atoms with Gasteiger partial charge in [-0.15, -0.1) is 10.2 Å². The molecule has 0 atom stereocenters. The van der Waals surface area contributed by atoms with Crippen LogP contribution in [0, 0.1) is 0 Å². The van der Waals surface area contributed by atoms with Crippen LogP contribution in [0.15, 0.2) is 16.7 Å². The maximum atomic E-state index is 5.21. The summed E-state index contributed by atoms with van der Waals surface area (Å²) < 4.78 is 10.1. The van der Waals surface area contributed by atoms with E-state index in [4.69, 9.17) is 9.26 Å². The predicted molar refractivity (Wildman–Crippen MR) is 64.0 cm³/mol. The van der Waals surface area contributed by atoms with Gasteiger partial charge in [-0.25, -0.2) is 0 Å². The van der Waals surface area contributed by atoms with Crippen LogP contribution in [0.25, 0.3) is 11.5 Å². The van der Waals surface area contributed by atoms with Crippen molar-refractivity contribution in [1.29, 1.82) is 0 Å². The van der Waals surface area contributed by atoms with Gasteiger partial charge in [-0.05, 0) is 27.0 Å². The van der Waals surface area contributed by atoms with Gasteiger partial charge in [-0.1, -0.05) is 5.16 Å². The SMILES string of the molecule is CNC(C)(C)c1nc(-c2ccc(OC)nn2)no1. The lowest BCUT2D eigenvalue weighted by Gasteiger charge is -2.17. The molecule has 0 aromatic carbocycles. The third-order valence-electron chi connectivity index (χ3n) is 2.66. The van der Waals surface area contributed by atoms with E-state index in [0.717, 1.165) is 0 Å². The highest BCUT2D eigenvalue weighted by Crippen LogP contribution is 2.21. The zero-order chi connectivity index (χ0) is 13.2. The molecule has 0 saturated carbocycles. The average molecular weight is 249 g/mol. The number of ether oxygens (including phenoxy) is 1. The van der Waals surface area contributed by atoms with Crippen molar-refractivity contribution in [3.8, 4) is 17.4 Å². The fourth-order valence-corrected chi connectivity index (χ4v) is 1.24. The second-order valence-corrected chi connectivity index (χ2v) is 4.26. The Kier molecular flexibility index (Phi) is 3.24. The van der Waals surface area contributed by atoms with Gasteiger partial charge in [-0.3, -0.25) is 0 Å². The first kappa shape index (κ1) is 12.4. The monoisotopic (exact) mass is 249 g/mol. The molecule has 0 aliphatic rings. The molecule has 2 aromatic rings. The first-order valence-corrected chi connectivity index (χ1v) is 5.48. The van der Waals surface area contributed by atoms with E-state index < -0.39 is 0 Å². The molecule has 2 rings (SSSR count). The maximum Gasteiger partial charge on any atom is 0.246 e. The van der Waals surface area contributed by atoms with E-state index in [2.05, 4.69) is 25.7 Å². The van der Waals surface area contributed by atoms with Crippen LogP contribution >= 0.6 is 0 Å². The minimum Gasteiger partial charge on any atom is -0.480 e. The molecule has 0 aliphatic heterocycles. The summed E-state index contributed by atoms with van der Waals surface area (Å²) in [5.41, 5.74) is 0.156. The van der Waals surface area contributed by atoms with Gasteiger partial charge in [-0.2, -0.15) is 4.98 Å². The van der Waals surface area contributed by atoms with E-state index in [1.54, 1.807) is 12.1 Å². The van der Waals surface area contributed by atoms with Crippen LogP contribution in [0.2, 0.25) is 0 Å². The van der Waals surface area contributed by atoms with Crippen molar-refractivity contribution in [3.63, 3.8) is 0 Å². The molecule has 0 fully saturated rings. The van der Waals surface area contributed by atoms with Gasteiger partial charge in [0.2, 0.25) is 17.6 Å². The minimum atomic E-state index is -0.384. The Balaban J connectivity index is 2.29. The molecule has 0 radical (unpaired) electrons. The number of nitrogens with one attached hydrogen (secondary N) is 1. The molecule has 18 heavy (non-hydrogen) atoms. The molecule has 2 aromatic heterocycles. The van der Waals surface area contributed by atoms with Crippen LogP contribution < -0.4 is 10.1 Å². The van der Waals surface area contributed by atoms with Crippen molar-refractivity contribution >= 4 is 0 Å². The second kappa shape index (κ2) is 4.69. The summed E-state index contributed by atoms with van der Waals surface area (Å²) in [6, 6.07) is 3.43. The van der Waals surface area contributed by atoms with Crippen LogP contribution in [0.4, 0.5) is 0 Å². The van der Waals surface area contributed by atoms with Crippen molar-refractivity contribution in [2.75, 3.05) is 14.2 Å². The Bertz CT molecular complexity index is 520. The lowest BCUT2D eigenvalue weighted by molar-refractivity contribution is 0.281. The summed E-state index contributed by atoms with van der Waals surface area (Å²) in [6.45, 7) is 3.90. The lowest BCUT2D eigenvalue weighted by atomic mass is 10.1. The summed E-state index contributed by atoms with van der Waals surface area (Å²) in [5.74, 6) is 1.35. The first-order valence-electron chi connectivity index (χ1n) is 5.48. The van der Waals surface area contributed by atoms with Gasteiger partial charge in [0.25, 0.3) is 0 Å². The zero-order valence-electron chi connectivity index (χ0n) is 10.8. The number of rotatable bonds is 4. The molecule has 0 bridgehead atoms. The van der Waals surface area contributed by atoms with Gasteiger partial charge in [0.1, 0.15) is 5.69 Å². The molecule has 2 heterocycles. The predicted octanol–water partition coefficient (Wildman–Crippen LogP) is 0.990. The van der Waals surface area contributed by atoms with Crippen molar-refractivity contribution in [3.05, 3.63) is 18.0 Å². The molecule has 0 amide bonds. The van der Waals surface area contributed by atoms with Crippen molar-refractivity contribution in [2.45, 2.75) is 19.4 Å². The standard InChI is InChI=1S/C11H15N5O2/c1-11(2,12-3)10-13-9(16-18-10)7-5-6-8(17-4)15-14-7/h5-6,12H,1-4H3. The maximum absolute atomic E-state index is 5.21. The van der Waals surface area contributed by atoms with Crippen LogP contribution in [0.5, 0.6) is 5.88 Å². The molecule has 0 aliphatic carbocycles. The largest absolute Gasteiger partial charge is 0.480 e. The van der Waals surface area contributed by atoms with Crippen LogP contribution in [-0.2, 0) is 5.54 Å². The van der Waals surface area contributed by atoms with E-state index in [1.165, 1.54) is 7.11 Å². The van der Waals surface area contributed by atoms with Gasteiger partial charge in [0, 0.05) is 6.07 Å². The molecular weight excluding hydrogens is 234 g/mol. The molecule has 7 nitrogen and oxygen atoms in total. The summed E-state index contributed by atoms with van der Waals surface area (Å²) in [4.78, 5) is 4.29. The quantitative estimate of drug-likeness (QED) is 0.864. The van der Waals surface area contributed by atoms with Crippen LogP contribution in [0.3, 0.4) is 0 Å². The first-order chi connectivity index (χ1) is 8.56. The van der Waals surface area contributed by atoms with E-state index in [-0.39, 0.29) is 5.54 Å². The third kappa shape index (κ3) is 2.30. The van der Waals surface area contributed by atoms with Crippen molar-refractivity contribution in [2.24, 2.45) is 0 Å². The van der Waals surface area contributed by atoms with Gasteiger partial charge in [0.15, 0.2) is 0 Å². The van der Waals surface area contributed by atoms with Gasteiger partial charge < -0.3 is 14.6 Å². The summed E-state index contributed by atoms with van der Waals surface area (Å²) >= 11 is 0. The molecule has 0 spiro atoms. The van der Waals surface area contributed by atoms with Crippen LogP contribution in [0.1, 0.15) is 19.7 Å². The molecule has 0 unspecified atom stereocenters. The van der Waals surface area contributed by atoms with Gasteiger partial charge in [0.05, 0.1) is 12.6 Å². The van der Waals surface area contributed by atoms with E-state index in [1.807, 2.05) is 20.9 Å². The van der Waals surface area contributed by atoms with E-state index >= 15 is 0 Å². The minimum absolute atomic E-state index is 0.384. The fourth-order valence-electron chi connectivity index (χ4n) is 1.24. The highest BCUT2D eigenvalue weighted by molar-refractivity contribution is 5.47. The smallest absolute Gasteiger partial charge is 0.246 e. The third-order valence-corrected chi connectivity index (χ3v) is 2.66. The zero-order valence-corrected chi connectivity index (χ0v) is 10.8. The van der Waals surface area contributed by atoms with Gasteiger partial charge >= 0.3 is 0 Å². The Labute approximate surface area is 105 Å². The Hall–Kier alpha value is -2.02. The normalized spacial score (nSPS) is 11.6. The average Bonchev–Trinajstić information content (AvgIpc) is 2.89. The van der Waals surface area contributed by atoms with E-state index in [0.29, 0.717) is 23.3 Å². The van der Waals surface area contributed by atoms with Crippen molar-refractivity contribution in [1.82, 2.24) is 25.7 Å². The highest BCUT2D eigenvalue weighted by Gasteiger charge is 2.26. The number of hydrogen-bond acceptors (Lipinski definition) is 7. The molecule has 0 saturated heterocycles. The van der Waals surface area contributed by atoms with Crippen LogP contribution in [-0.4, -0.2) is 34.5 Å². The van der Waals surface area contributed by atoms with Crippen molar-refractivity contribution < 1.29 is 9.26 Å². The van der Waals surface area contributed by atoms with E-state index in [9.17, 15) is 0 Å². The molecule has 1 N–H and O–H groups in total. The Morgan fingerprint density at radius 2 is 2.06 bits per heavy atom. The number of methoxy groups -OCH3 is 1.